The van der Waals surface area contributed by atoms with Crippen LogP contribution < -0.4 is 0 Å². The summed E-state index contributed by atoms with van der Waals surface area (Å²) in [6, 6.07) is 4.49. The molecule has 3 heterocycles. The number of hydrogen-bond donors (Lipinski definition) is 0. The number of fused-ring (bicyclic) bond motifs is 1. The van der Waals surface area contributed by atoms with Crippen molar-refractivity contribution in [2.24, 2.45) is 0 Å². The Morgan fingerprint density at radius 2 is 1.89 bits per heavy atom. The average molecular weight is 586 g/mol. The molecule has 0 aliphatic heterocycles. The van der Waals surface area contributed by atoms with Gasteiger partial charge in [-0.05, 0) is 73.3 Å². The zero-order valence-electron chi connectivity index (χ0n) is 19.7. The number of imidazole rings is 1. The number of carbonyl (C=O) groups excluding carboxylic acids is 1. The number of aromatic nitrogens is 4. The van der Waals surface area contributed by atoms with Crippen molar-refractivity contribution in [1.29, 1.82) is 0 Å². The molecule has 36 heavy (non-hydrogen) atoms. The van der Waals surface area contributed by atoms with E-state index >= 15 is 0 Å². The van der Waals surface area contributed by atoms with Gasteiger partial charge in [-0.2, -0.15) is 18.2 Å². The number of halogens is 5. The number of alkyl halides is 3. The normalized spacial score (nSPS) is 12.4. The molecule has 0 N–H and O–H groups in total. The van der Waals surface area contributed by atoms with Crippen LogP contribution in [0.2, 0.25) is 5.02 Å². The van der Waals surface area contributed by atoms with Crippen LogP contribution in [0, 0.1) is 6.92 Å². The average Bonchev–Trinajstić information content (AvgIpc) is 3.39. The van der Waals surface area contributed by atoms with Crippen molar-refractivity contribution in [3.05, 3.63) is 56.8 Å². The molecular formula is C24H21BrClF3N4O3. The number of hydrogen-bond acceptors (Lipinski definition) is 6. The number of ether oxygens (including phenoxy) is 1. The number of benzene rings is 1. The van der Waals surface area contributed by atoms with Crippen LogP contribution >= 0.6 is 27.5 Å². The molecule has 190 valence electrons. The Labute approximate surface area is 217 Å². The van der Waals surface area contributed by atoms with E-state index in [-0.39, 0.29) is 39.9 Å². The maximum Gasteiger partial charge on any atom is 0.417 e. The highest BCUT2D eigenvalue weighted by atomic mass is 79.9. The van der Waals surface area contributed by atoms with Gasteiger partial charge in [-0.15, -0.1) is 0 Å². The van der Waals surface area contributed by atoms with Gasteiger partial charge < -0.3 is 13.7 Å². The number of esters is 1. The molecule has 12 heteroatoms. The molecule has 0 saturated heterocycles. The third kappa shape index (κ3) is 5.73. The van der Waals surface area contributed by atoms with Crippen molar-refractivity contribution < 1.29 is 27.2 Å². The minimum Gasteiger partial charge on any atom is -0.460 e. The Balaban J connectivity index is 1.58. The van der Waals surface area contributed by atoms with Crippen LogP contribution in [0.4, 0.5) is 13.2 Å². The van der Waals surface area contributed by atoms with Crippen molar-refractivity contribution in [2.45, 2.75) is 52.3 Å². The van der Waals surface area contributed by atoms with Gasteiger partial charge in [0.1, 0.15) is 11.3 Å². The fourth-order valence-corrected chi connectivity index (χ4v) is 4.35. The van der Waals surface area contributed by atoms with Crippen LogP contribution in [-0.2, 0) is 22.1 Å². The van der Waals surface area contributed by atoms with E-state index in [1.165, 1.54) is 10.6 Å². The fraction of sp³-hybridized carbons (Fsp3) is 0.333. The number of pyridine rings is 1. The van der Waals surface area contributed by atoms with E-state index in [1.807, 2.05) is 13.0 Å². The van der Waals surface area contributed by atoms with Gasteiger partial charge in [0.2, 0.25) is 5.82 Å². The molecule has 0 unspecified atom stereocenters. The van der Waals surface area contributed by atoms with Gasteiger partial charge in [-0.1, -0.05) is 22.8 Å². The molecule has 0 fully saturated rings. The maximum atomic E-state index is 13.1. The van der Waals surface area contributed by atoms with Gasteiger partial charge >= 0.3 is 12.1 Å². The summed E-state index contributed by atoms with van der Waals surface area (Å²) >= 11 is 9.60. The van der Waals surface area contributed by atoms with E-state index in [2.05, 4.69) is 31.1 Å². The fourth-order valence-electron chi connectivity index (χ4n) is 3.55. The van der Waals surface area contributed by atoms with Gasteiger partial charge in [0.05, 0.1) is 10.0 Å². The van der Waals surface area contributed by atoms with Crippen LogP contribution in [0.5, 0.6) is 0 Å². The second kappa shape index (κ2) is 9.51. The first-order chi connectivity index (χ1) is 16.7. The molecule has 0 radical (unpaired) electrons. The largest absolute Gasteiger partial charge is 0.460 e. The lowest BCUT2D eigenvalue weighted by Crippen LogP contribution is -2.24. The lowest BCUT2D eigenvalue weighted by atomic mass is 10.0. The number of aryl methyl sites for hydroxylation is 2. The second-order valence-electron chi connectivity index (χ2n) is 9.20. The molecule has 0 amide bonds. The molecule has 3 aromatic heterocycles. The molecule has 4 rings (SSSR count). The van der Waals surface area contributed by atoms with E-state index in [0.717, 1.165) is 23.4 Å². The Morgan fingerprint density at radius 3 is 2.56 bits per heavy atom. The molecule has 1 aromatic carbocycles. The van der Waals surface area contributed by atoms with Crippen LogP contribution in [0.1, 0.15) is 43.9 Å². The first-order valence-corrected chi connectivity index (χ1v) is 12.0. The summed E-state index contributed by atoms with van der Waals surface area (Å²) in [7, 11) is 0. The van der Waals surface area contributed by atoms with E-state index in [9.17, 15) is 18.0 Å². The van der Waals surface area contributed by atoms with Crippen molar-refractivity contribution in [3.8, 4) is 23.0 Å². The molecule has 0 aliphatic rings. The van der Waals surface area contributed by atoms with Crippen LogP contribution in [-0.4, -0.2) is 31.1 Å². The molecule has 0 spiro atoms. The molecule has 4 aromatic rings. The molecule has 0 aliphatic carbocycles. The molecule has 0 saturated carbocycles. The monoisotopic (exact) mass is 584 g/mol. The van der Waals surface area contributed by atoms with E-state index < -0.39 is 17.3 Å². The molecule has 0 atom stereocenters. The molecule has 0 bridgehead atoms. The summed E-state index contributed by atoms with van der Waals surface area (Å²) < 4.78 is 51.5. The van der Waals surface area contributed by atoms with Gasteiger partial charge in [0.25, 0.3) is 5.89 Å². The predicted molar refractivity (Wildman–Crippen MR) is 131 cm³/mol. The highest BCUT2D eigenvalue weighted by molar-refractivity contribution is 9.10. The predicted octanol–water partition coefficient (Wildman–Crippen LogP) is 7.07. The zero-order valence-corrected chi connectivity index (χ0v) is 22.0. The first-order valence-electron chi connectivity index (χ1n) is 10.8. The Kier molecular flexibility index (Phi) is 6.91. The smallest absolute Gasteiger partial charge is 0.417 e. The minimum absolute atomic E-state index is 0.0404. The SMILES string of the molecule is Cc1cc(CCC(=O)OC(C)(C)C)c(Cl)cc1-c1noc(-c2cn3cc(C(F)(F)F)cc(Br)c3n2)n1. The Hall–Kier alpha value is -2.92. The number of carbonyl (C=O) groups is 1. The summed E-state index contributed by atoms with van der Waals surface area (Å²) in [6.07, 6.45) is -1.60. The highest BCUT2D eigenvalue weighted by Crippen LogP contribution is 2.34. The molecular weight excluding hydrogens is 565 g/mol. The van der Waals surface area contributed by atoms with Crippen LogP contribution in [0.25, 0.3) is 28.6 Å². The number of nitrogens with zero attached hydrogens (tertiary/aromatic N) is 4. The van der Waals surface area contributed by atoms with Gasteiger partial charge in [0, 0.05) is 29.4 Å². The topological polar surface area (TPSA) is 82.5 Å². The maximum absolute atomic E-state index is 13.1. The van der Waals surface area contributed by atoms with Crippen molar-refractivity contribution >= 4 is 39.1 Å². The highest BCUT2D eigenvalue weighted by Gasteiger charge is 2.32. The van der Waals surface area contributed by atoms with E-state index in [1.54, 1.807) is 26.8 Å². The van der Waals surface area contributed by atoms with Crippen molar-refractivity contribution in [1.82, 2.24) is 19.5 Å². The second-order valence-corrected chi connectivity index (χ2v) is 10.5. The van der Waals surface area contributed by atoms with Crippen LogP contribution in [0.15, 0.2) is 39.6 Å². The lowest BCUT2D eigenvalue weighted by molar-refractivity contribution is -0.154. The van der Waals surface area contributed by atoms with Crippen molar-refractivity contribution in [3.63, 3.8) is 0 Å². The third-order valence-corrected chi connectivity index (χ3v) is 6.07. The first kappa shape index (κ1) is 26.2. The Bertz CT molecular complexity index is 1460. The number of rotatable bonds is 5. The summed E-state index contributed by atoms with van der Waals surface area (Å²) in [6.45, 7) is 7.27. The molecule has 7 nitrogen and oxygen atoms in total. The quantitative estimate of drug-likeness (QED) is 0.233. The van der Waals surface area contributed by atoms with Gasteiger partial charge in [-0.25, -0.2) is 4.98 Å². The zero-order chi connectivity index (χ0) is 26.4. The summed E-state index contributed by atoms with van der Waals surface area (Å²) in [5, 5.41) is 4.43. The van der Waals surface area contributed by atoms with E-state index in [4.69, 9.17) is 20.9 Å². The summed E-state index contributed by atoms with van der Waals surface area (Å²) in [5.41, 5.74) is 1.29. The van der Waals surface area contributed by atoms with Crippen LogP contribution in [0.3, 0.4) is 0 Å². The lowest BCUT2D eigenvalue weighted by Gasteiger charge is -2.19. The third-order valence-electron chi connectivity index (χ3n) is 5.13. The standard InChI is InChI=1S/C24H21BrClF3N4O3/c1-12-7-13(5-6-19(34)35-23(2,3)4)17(26)9-15(12)20-31-22(36-32-20)18-11-33-10-14(24(27,28)29)8-16(25)21(33)30-18/h7-11H,5-6H2,1-4H3. The summed E-state index contributed by atoms with van der Waals surface area (Å²) in [4.78, 5) is 20.7. The Morgan fingerprint density at radius 1 is 1.17 bits per heavy atom. The van der Waals surface area contributed by atoms with E-state index in [0.29, 0.717) is 17.0 Å². The van der Waals surface area contributed by atoms with Gasteiger partial charge in [0.15, 0.2) is 5.65 Å². The summed E-state index contributed by atoms with van der Waals surface area (Å²) in [5.74, 6) is -0.0292. The van der Waals surface area contributed by atoms with Gasteiger partial charge in [-0.3, -0.25) is 4.79 Å². The van der Waals surface area contributed by atoms with Crippen molar-refractivity contribution in [2.75, 3.05) is 0 Å². The minimum atomic E-state index is -4.51.